The van der Waals surface area contributed by atoms with Gasteiger partial charge in [-0.05, 0) is 115 Å². The summed E-state index contributed by atoms with van der Waals surface area (Å²) < 4.78 is 17.4. The summed E-state index contributed by atoms with van der Waals surface area (Å²) in [5.74, 6) is 1.12. The van der Waals surface area contributed by atoms with E-state index in [0.717, 1.165) is 69.8 Å². The molecular formula is C40H57N3O5. The number of hydrogen-bond acceptors (Lipinski definition) is 6. The van der Waals surface area contributed by atoms with E-state index in [1.807, 2.05) is 30.3 Å². The first-order valence-corrected chi connectivity index (χ1v) is 18.4. The molecule has 262 valence electrons. The minimum atomic E-state index is -0.674. The van der Waals surface area contributed by atoms with Gasteiger partial charge in [-0.3, -0.25) is 4.79 Å². The molecule has 0 spiro atoms. The van der Waals surface area contributed by atoms with Crippen molar-refractivity contribution in [2.75, 3.05) is 13.2 Å². The number of fused-ring (bicyclic) bond motifs is 7. The average Bonchev–Trinajstić information content (AvgIpc) is 3.04. The van der Waals surface area contributed by atoms with E-state index in [-0.39, 0.29) is 58.2 Å². The zero-order valence-electron chi connectivity index (χ0n) is 30.3. The van der Waals surface area contributed by atoms with Crippen LogP contribution in [0.5, 0.6) is 0 Å². The molecule has 0 saturated heterocycles. The van der Waals surface area contributed by atoms with E-state index >= 15 is 0 Å². The maximum absolute atomic E-state index is 14.3. The first kappa shape index (κ1) is 34.9. The molecule has 1 aromatic rings. The predicted molar refractivity (Wildman–Crippen MR) is 186 cm³/mol. The van der Waals surface area contributed by atoms with Crippen LogP contribution in [0.15, 0.2) is 47.1 Å². The molecule has 8 heteroatoms. The van der Waals surface area contributed by atoms with Crippen LogP contribution in [0.1, 0.15) is 118 Å². The van der Waals surface area contributed by atoms with Crippen LogP contribution in [-0.4, -0.2) is 31.4 Å². The van der Waals surface area contributed by atoms with E-state index in [4.69, 9.17) is 19.7 Å². The van der Waals surface area contributed by atoms with E-state index in [1.54, 1.807) is 5.57 Å². The molecule has 0 bridgehead atoms. The molecule has 5 aliphatic rings. The summed E-state index contributed by atoms with van der Waals surface area (Å²) in [5, 5.41) is 3.44. The average molecular weight is 660 g/mol. The Hall–Kier alpha value is -2.99. The molecule has 0 radical (unpaired) electrons. The summed E-state index contributed by atoms with van der Waals surface area (Å²) >= 11 is 0. The van der Waals surface area contributed by atoms with Crippen LogP contribution in [0.3, 0.4) is 0 Å². The number of hydrogen-bond donors (Lipinski definition) is 0. The fraction of sp³-hybridized carbons (Fsp3) is 0.750. The van der Waals surface area contributed by atoms with E-state index in [1.165, 1.54) is 0 Å². The zero-order valence-corrected chi connectivity index (χ0v) is 30.3. The highest BCUT2D eigenvalue weighted by atomic mass is 16.7. The second-order valence-electron chi connectivity index (χ2n) is 18.0. The Labute approximate surface area is 287 Å². The molecule has 6 rings (SSSR count). The smallest absolute Gasteiger partial charge is 0.460 e. The molecule has 4 fully saturated rings. The topological polar surface area (TPSA) is 111 Å². The van der Waals surface area contributed by atoms with Crippen molar-refractivity contribution in [2.24, 2.45) is 55.4 Å². The molecule has 5 aliphatic carbocycles. The van der Waals surface area contributed by atoms with E-state index < -0.39 is 11.6 Å². The van der Waals surface area contributed by atoms with Crippen molar-refractivity contribution in [3.05, 3.63) is 58.0 Å². The maximum Gasteiger partial charge on any atom is 0.508 e. The molecule has 48 heavy (non-hydrogen) atoms. The van der Waals surface area contributed by atoms with Gasteiger partial charge in [0.1, 0.15) is 19.3 Å². The lowest BCUT2D eigenvalue weighted by molar-refractivity contribution is -0.208. The van der Waals surface area contributed by atoms with E-state index in [2.05, 4.69) is 64.6 Å². The van der Waals surface area contributed by atoms with Gasteiger partial charge in [-0.2, -0.15) is 0 Å². The van der Waals surface area contributed by atoms with Crippen molar-refractivity contribution in [3.63, 3.8) is 0 Å². The first-order chi connectivity index (χ1) is 22.6. The zero-order chi connectivity index (χ0) is 34.6. The number of ether oxygens (including phenoxy) is 3. The lowest BCUT2D eigenvalue weighted by Gasteiger charge is -2.71. The quantitative estimate of drug-likeness (QED) is 0.0722. The largest absolute Gasteiger partial charge is 0.508 e. The van der Waals surface area contributed by atoms with E-state index in [0.29, 0.717) is 18.4 Å². The minimum absolute atomic E-state index is 0.00846. The number of allylic oxidation sites excluding steroid dienone is 2. The molecule has 1 aromatic carbocycles. The Kier molecular flexibility index (Phi) is 9.01. The molecule has 0 aliphatic heterocycles. The van der Waals surface area contributed by atoms with Crippen LogP contribution in [0.2, 0.25) is 0 Å². The first-order valence-electron chi connectivity index (χ1n) is 18.4. The number of esters is 1. The maximum atomic E-state index is 14.3. The fourth-order valence-corrected chi connectivity index (χ4v) is 12.0. The highest BCUT2D eigenvalue weighted by molar-refractivity contribution is 5.79. The van der Waals surface area contributed by atoms with Crippen LogP contribution in [0, 0.1) is 50.2 Å². The Morgan fingerprint density at radius 3 is 2.35 bits per heavy atom. The molecular weight excluding hydrogens is 602 g/mol. The van der Waals surface area contributed by atoms with Gasteiger partial charge >= 0.3 is 12.1 Å². The summed E-state index contributed by atoms with van der Waals surface area (Å²) in [4.78, 5) is 29.6. The van der Waals surface area contributed by atoms with Gasteiger partial charge in [0, 0.05) is 10.3 Å². The monoisotopic (exact) mass is 659 g/mol. The number of benzene rings is 1. The molecule has 2 unspecified atom stereocenters. The molecule has 8 nitrogen and oxygen atoms in total. The number of azide groups is 1. The van der Waals surface area contributed by atoms with Crippen LogP contribution >= 0.6 is 0 Å². The number of rotatable bonds is 7. The van der Waals surface area contributed by atoms with Crippen molar-refractivity contribution < 1.29 is 23.8 Å². The Bertz CT molecular complexity index is 1480. The third-order valence-corrected chi connectivity index (χ3v) is 14.9. The summed E-state index contributed by atoms with van der Waals surface area (Å²) in [6.45, 7) is 17.4. The summed E-state index contributed by atoms with van der Waals surface area (Å²) in [6, 6.07) is 10.1. The van der Waals surface area contributed by atoms with E-state index in [9.17, 15) is 9.59 Å². The van der Waals surface area contributed by atoms with Crippen molar-refractivity contribution in [2.45, 2.75) is 125 Å². The van der Waals surface area contributed by atoms with Gasteiger partial charge in [-0.15, -0.1) is 0 Å². The fourth-order valence-electron chi connectivity index (χ4n) is 12.0. The summed E-state index contributed by atoms with van der Waals surface area (Å²) in [7, 11) is 0. The van der Waals surface area contributed by atoms with Crippen LogP contribution in [-0.2, 0) is 25.6 Å². The summed E-state index contributed by atoms with van der Waals surface area (Å²) in [5.41, 5.74) is 10.8. The molecule has 0 N–H and O–H groups in total. The second kappa shape index (κ2) is 12.4. The number of carbonyl (C=O) groups is 2. The molecule has 0 heterocycles. The number of nitrogens with zero attached hydrogens (tertiary/aromatic N) is 3. The van der Waals surface area contributed by atoms with Crippen LogP contribution in [0.25, 0.3) is 10.4 Å². The molecule has 0 amide bonds. The van der Waals surface area contributed by atoms with Gasteiger partial charge in [0.05, 0.1) is 12.0 Å². The second-order valence-corrected chi connectivity index (χ2v) is 18.0. The SMILES string of the molecule is CC1(C)CC[C@]2(C(=O)OCc3ccccc3)CC[C@]3(C)C(=CCC4[C@@]5(C)CC[C@H](OC(=O)OCCN=[N+]=[N-])C(C)(C)C5CC[C@]43C)[C@@H]2C1. The Morgan fingerprint density at radius 1 is 0.896 bits per heavy atom. The lowest BCUT2D eigenvalue weighted by atomic mass is 9.33. The van der Waals surface area contributed by atoms with Gasteiger partial charge in [0.2, 0.25) is 0 Å². The van der Waals surface area contributed by atoms with Crippen LogP contribution in [0.4, 0.5) is 4.79 Å². The van der Waals surface area contributed by atoms with Crippen molar-refractivity contribution in [1.82, 2.24) is 0 Å². The predicted octanol–water partition coefficient (Wildman–Crippen LogP) is 10.4. The minimum Gasteiger partial charge on any atom is -0.460 e. The molecule has 8 atom stereocenters. The van der Waals surface area contributed by atoms with Gasteiger partial charge in [0.15, 0.2) is 0 Å². The number of carbonyl (C=O) groups excluding carboxylic acids is 2. The molecule has 0 aromatic heterocycles. The van der Waals surface area contributed by atoms with Crippen molar-refractivity contribution in [1.29, 1.82) is 0 Å². The van der Waals surface area contributed by atoms with Crippen molar-refractivity contribution in [3.8, 4) is 0 Å². The normalized spacial score (nSPS) is 39.1. The van der Waals surface area contributed by atoms with Gasteiger partial charge < -0.3 is 14.2 Å². The van der Waals surface area contributed by atoms with Gasteiger partial charge in [-0.1, -0.05) is 95.6 Å². The third kappa shape index (κ3) is 5.54. The van der Waals surface area contributed by atoms with Crippen LogP contribution < -0.4 is 0 Å². The highest BCUT2D eigenvalue weighted by Crippen LogP contribution is 2.76. The Balaban J connectivity index is 1.26. The van der Waals surface area contributed by atoms with Gasteiger partial charge in [0.25, 0.3) is 0 Å². The lowest BCUT2D eigenvalue weighted by Crippen LogP contribution is -2.65. The highest BCUT2D eigenvalue weighted by Gasteiger charge is 2.69. The van der Waals surface area contributed by atoms with Crippen molar-refractivity contribution >= 4 is 12.1 Å². The van der Waals surface area contributed by atoms with Gasteiger partial charge in [-0.25, -0.2) is 4.79 Å². The Morgan fingerprint density at radius 2 is 1.62 bits per heavy atom. The summed E-state index contributed by atoms with van der Waals surface area (Å²) in [6.07, 6.45) is 11.6. The standard InChI is InChI=1S/C40H57N3O5/c1-35(2)19-21-40(33(44)47-26-27-11-9-8-10-12-27)22-20-38(6)28(29(40)25-35)13-14-31-37(5)17-16-32(48-34(45)46-24-23-42-43-41)36(3,4)30(37)15-18-39(31,38)7/h8-13,29-32H,14-26H2,1-7H3/t29-,30?,31?,32-,37-,38+,39+,40-/m0/s1. The third-order valence-electron chi connectivity index (χ3n) is 14.9. The molecule has 4 saturated carbocycles.